The van der Waals surface area contributed by atoms with E-state index >= 15 is 0 Å². The molecule has 0 saturated carbocycles. The second kappa shape index (κ2) is 9.89. The first-order valence-corrected chi connectivity index (χ1v) is 13.8. The number of phenols is 1. The Hall–Kier alpha value is -3.98. The number of piperazine rings is 1. The highest BCUT2D eigenvalue weighted by atomic mass is 32.2. The van der Waals surface area contributed by atoms with Crippen molar-refractivity contribution in [3.8, 4) is 11.4 Å². The predicted octanol–water partition coefficient (Wildman–Crippen LogP) is 3.70. The van der Waals surface area contributed by atoms with Gasteiger partial charge in [-0.15, -0.1) is 5.10 Å². The lowest BCUT2D eigenvalue weighted by molar-refractivity contribution is -0.140. The van der Waals surface area contributed by atoms with Crippen LogP contribution in [0.25, 0.3) is 16.6 Å². The first kappa shape index (κ1) is 27.6. The highest BCUT2D eigenvalue weighted by molar-refractivity contribution is 7.88. The van der Waals surface area contributed by atoms with Crippen molar-refractivity contribution in [2.75, 3.05) is 36.5 Å². The Morgan fingerprint density at radius 1 is 1.10 bits per heavy atom. The number of alkyl halides is 3. The molecule has 1 atom stereocenters. The molecule has 212 valence electrons. The number of aromatic hydroxyl groups is 1. The Bertz CT molecular complexity index is 1700. The molecule has 4 aromatic rings. The van der Waals surface area contributed by atoms with Crippen LogP contribution < -0.4 is 10.6 Å². The van der Waals surface area contributed by atoms with Crippen molar-refractivity contribution in [1.82, 2.24) is 19.1 Å². The van der Waals surface area contributed by atoms with Gasteiger partial charge in [0.25, 0.3) is 0 Å². The summed E-state index contributed by atoms with van der Waals surface area (Å²) >= 11 is 0. The fourth-order valence-corrected chi connectivity index (χ4v) is 5.68. The minimum absolute atomic E-state index is 0.00802. The molecule has 1 fully saturated rings. The molecule has 0 aliphatic carbocycles. The Balaban J connectivity index is 1.57. The molecule has 9 nitrogen and oxygen atoms in total. The van der Waals surface area contributed by atoms with Gasteiger partial charge in [-0.05, 0) is 24.1 Å². The number of hydrogen-bond donors (Lipinski definition) is 2. The van der Waals surface area contributed by atoms with Gasteiger partial charge in [0, 0.05) is 31.1 Å². The zero-order valence-corrected chi connectivity index (χ0v) is 21.7. The van der Waals surface area contributed by atoms with Crippen molar-refractivity contribution < 1.29 is 35.5 Å². The van der Waals surface area contributed by atoms with Gasteiger partial charge in [-0.1, -0.05) is 30.3 Å². The highest BCUT2D eigenvalue weighted by Gasteiger charge is 2.38. The fraction of sp³-hybridized carbons (Fsp3) is 0.280. The van der Waals surface area contributed by atoms with E-state index in [2.05, 4.69) is 10.1 Å². The van der Waals surface area contributed by atoms with Crippen LogP contribution in [-0.4, -0.2) is 64.5 Å². The van der Waals surface area contributed by atoms with E-state index in [9.17, 15) is 35.5 Å². The molecule has 3 heterocycles. The number of nitrogen functional groups attached to an aromatic ring is 1. The smallest absolute Gasteiger partial charge is 0.419 e. The maximum absolute atomic E-state index is 14.8. The molecule has 0 bridgehead atoms. The van der Waals surface area contributed by atoms with Gasteiger partial charge in [0.2, 0.25) is 10.0 Å². The lowest BCUT2D eigenvalue weighted by Gasteiger charge is -2.41. The van der Waals surface area contributed by atoms with Crippen molar-refractivity contribution in [3.63, 3.8) is 0 Å². The summed E-state index contributed by atoms with van der Waals surface area (Å²) in [4.78, 5) is 6.31. The maximum Gasteiger partial charge on any atom is 0.419 e. The predicted molar refractivity (Wildman–Crippen MR) is 138 cm³/mol. The fourth-order valence-electron chi connectivity index (χ4n) is 4.83. The summed E-state index contributed by atoms with van der Waals surface area (Å²) in [6.45, 7) is 0.661. The summed E-state index contributed by atoms with van der Waals surface area (Å²) in [7, 11) is -3.46. The number of sulfonamides is 1. The minimum Gasteiger partial charge on any atom is -0.503 e. The zero-order chi connectivity index (χ0) is 29.0. The maximum atomic E-state index is 14.8. The van der Waals surface area contributed by atoms with Gasteiger partial charge in [-0.2, -0.15) is 17.5 Å². The Kier molecular flexibility index (Phi) is 6.82. The lowest BCUT2D eigenvalue weighted by atomic mass is 10.0. The molecule has 1 aliphatic rings. The van der Waals surface area contributed by atoms with Gasteiger partial charge in [-0.25, -0.2) is 26.9 Å². The second-order valence-corrected chi connectivity index (χ2v) is 11.4. The number of nitrogens with zero attached hydrogens (tertiary/aromatic N) is 5. The normalized spacial score (nSPS) is 17.1. The first-order valence-electron chi connectivity index (χ1n) is 11.9. The monoisotopic (exact) mass is 582 g/mol. The van der Waals surface area contributed by atoms with E-state index in [1.54, 1.807) is 0 Å². The van der Waals surface area contributed by atoms with Crippen LogP contribution in [-0.2, 0) is 22.6 Å². The number of aromatic nitrogens is 3. The number of rotatable bonds is 5. The Morgan fingerprint density at radius 3 is 2.45 bits per heavy atom. The van der Waals surface area contributed by atoms with Gasteiger partial charge in [0.15, 0.2) is 23.2 Å². The van der Waals surface area contributed by atoms with Crippen LogP contribution in [0.5, 0.6) is 5.75 Å². The first-order chi connectivity index (χ1) is 18.8. The van der Waals surface area contributed by atoms with Crippen LogP contribution >= 0.6 is 0 Å². The number of benzene rings is 2. The molecule has 0 unspecified atom stereocenters. The Labute approximate surface area is 225 Å². The molecule has 1 saturated heterocycles. The Morgan fingerprint density at radius 2 is 1.80 bits per heavy atom. The molecule has 2 aromatic heterocycles. The largest absolute Gasteiger partial charge is 0.503 e. The quantitative estimate of drug-likeness (QED) is 0.345. The highest BCUT2D eigenvalue weighted by Crippen LogP contribution is 2.39. The number of nitrogens with two attached hydrogens (primary N) is 1. The van der Waals surface area contributed by atoms with E-state index in [0.717, 1.165) is 11.8 Å². The van der Waals surface area contributed by atoms with Gasteiger partial charge in [0.05, 0.1) is 23.5 Å². The summed E-state index contributed by atoms with van der Waals surface area (Å²) in [5.74, 6) is -5.38. The van der Waals surface area contributed by atoms with Crippen molar-refractivity contribution in [2.24, 2.45) is 0 Å². The number of phenolic OH excluding ortho intramolecular Hbond substituents is 1. The van der Waals surface area contributed by atoms with E-state index in [4.69, 9.17) is 5.73 Å². The molecule has 40 heavy (non-hydrogen) atoms. The van der Waals surface area contributed by atoms with Crippen molar-refractivity contribution in [2.45, 2.75) is 18.6 Å². The third-order valence-electron chi connectivity index (χ3n) is 6.80. The van der Waals surface area contributed by atoms with Gasteiger partial charge in [0.1, 0.15) is 11.5 Å². The van der Waals surface area contributed by atoms with E-state index in [-0.39, 0.29) is 48.5 Å². The third-order valence-corrected chi connectivity index (χ3v) is 8.06. The topological polar surface area (TPSA) is 118 Å². The molecule has 0 amide bonds. The summed E-state index contributed by atoms with van der Waals surface area (Å²) in [6.07, 6.45) is -2.37. The van der Waals surface area contributed by atoms with E-state index in [0.29, 0.717) is 16.9 Å². The summed E-state index contributed by atoms with van der Waals surface area (Å²) < 4.78 is 95.4. The molecular formula is C25H23F5N6O3S. The van der Waals surface area contributed by atoms with Crippen LogP contribution in [0.4, 0.5) is 33.6 Å². The van der Waals surface area contributed by atoms with Crippen LogP contribution in [0, 0.1) is 11.6 Å². The van der Waals surface area contributed by atoms with Crippen molar-refractivity contribution >= 4 is 32.6 Å². The number of hydrogen-bond acceptors (Lipinski definition) is 7. The van der Waals surface area contributed by atoms with Crippen LogP contribution in [0.1, 0.15) is 11.1 Å². The second-order valence-electron chi connectivity index (χ2n) is 9.43. The molecule has 0 radical (unpaired) electrons. The van der Waals surface area contributed by atoms with Crippen LogP contribution in [0.2, 0.25) is 0 Å². The van der Waals surface area contributed by atoms with Gasteiger partial charge in [-0.3, -0.25) is 0 Å². The SMILES string of the molecule is CS(=O)(=O)N1CCN(c2cc3c(N)nn(-c4cc(C(F)(F)F)c(F)c(O)c4F)c3cn2)[C@H](Cc2ccccc2)C1. The van der Waals surface area contributed by atoms with Crippen LogP contribution in [0.3, 0.4) is 0 Å². The van der Waals surface area contributed by atoms with E-state index in [1.165, 1.54) is 16.6 Å². The molecule has 3 N–H and O–H groups in total. The summed E-state index contributed by atoms with van der Waals surface area (Å²) in [5.41, 5.74) is 4.28. The number of fused-ring (bicyclic) bond motifs is 1. The van der Waals surface area contributed by atoms with Gasteiger partial charge >= 0.3 is 6.18 Å². The van der Waals surface area contributed by atoms with E-state index in [1.807, 2.05) is 35.2 Å². The average molecular weight is 583 g/mol. The minimum atomic E-state index is -5.22. The molecule has 2 aromatic carbocycles. The third kappa shape index (κ3) is 5.01. The van der Waals surface area contributed by atoms with E-state index < -0.39 is 44.8 Å². The lowest BCUT2D eigenvalue weighted by Crippen LogP contribution is -2.55. The number of anilines is 2. The number of halogens is 5. The standard InChI is InChI=1S/C25H23F5N6O3S/c1-40(38,39)34-7-8-35(15(13-34)9-14-5-3-2-4-6-14)20-10-16-19(12-32-20)36(33-24(16)31)18-11-17(25(28,29)30)21(26)23(37)22(18)27/h2-6,10-12,15,37H,7-9,13H2,1H3,(H2,31,33)/t15-/m1/s1. The summed E-state index contributed by atoms with van der Waals surface area (Å²) in [6, 6.07) is 10.8. The molecule has 0 spiro atoms. The molecule has 5 rings (SSSR count). The van der Waals surface area contributed by atoms with Crippen molar-refractivity contribution in [3.05, 3.63) is 71.4 Å². The summed E-state index contributed by atoms with van der Waals surface area (Å²) in [5, 5.41) is 13.9. The zero-order valence-electron chi connectivity index (χ0n) is 20.9. The molecule has 15 heteroatoms. The average Bonchev–Trinajstić information content (AvgIpc) is 3.22. The number of pyridine rings is 1. The molecular weight excluding hydrogens is 559 g/mol. The molecule has 1 aliphatic heterocycles. The van der Waals surface area contributed by atoms with Gasteiger partial charge < -0.3 is 15.7 Å². The van der Waals surface area contributed by atoms with Crippen LogP contribution in [0.15, 0.2) is 48.7 Å². The van der Waals surface area contributed by atoms with Crippen molar-refractivity contribution in [1.29, 1.82) is 0 Å².